The highest BCUT2D eigenvalue weighted by Crippen LogP contribution is 1.97. The first-order valence-electron chi connectivity index (χ1n) is 5.52. The molecule has 1 unspecified atom stereocenters. The van der Waals surface area contributed by atoms with Gasteiger partial charge >= 0.3 is 5.69 Å². The number of hydrogen-bond donors (Lipinski definition) is 5. The molecular formula is C11H15N3O5. The minimum Gasteiger partial charge on any atom is -0.394 e. The van der Waals surface area contributed by atoms with Crippen LogP contribution in [0.15, 0.2) is 15.7 Å². The second-order valence-electron chi connectivity index (χ2n) is 3.86. The Hall–Kier alpha value is -2.19. The maximum atomic E-state index is 11.5. The predicted molar refractivity (Wildman–Crippen MR) is 67.6 cm³/mol. The zero-order valence-electron chi connectivity index (χ0n) is 10.3. The Balaban J connectivity index is 2.75. The molecule has 1 aromatic heterocycles. The van der Waals surface area contributed by atoms with Crippen LogP contribution < -0.4 is 16.6 Å². The molecule has 0 bridgehead atoms. The van der Waals surface area contributed by atoms with Crippen LogP contribution in [0.1, 0.15) is 11.3 Å². The van der Waals surface area contributed by atoms with E-state index >= 15 is 0 Å². The molecule has 1 amide bonds. The van der Waals surface area contributed by atoms with Crippen LogP contribution in [0, 0.1) is 6.92 Å². The van der Waals surface area contributed by atoms with Crippen LogP contribution in [0.2, 0.25) is 0 Å². The maximum Gasteiger partial charge on any atom is 0.325 e. The van der Waals surface area contributed by atoms with Crippen molar-refractivity contribution in [3.63, 3.8) is 0 Å². The Morgan fingerprint density at radius 1 is 1.42 bits per heavy atom. The molecule has 0 spiro atoms. The van der Waals surface area contributed by atoms with Gasteiger partial charge in [-0.25, -0.2) is 4.79 Å². The van der Waals surface area contributed by atoms with Crippen molar-refractivity contribution < 1.29 is 15.0 Å². The molecule has 1 aromatic rings. The number of hydrogen-bond acceptors (Lipinski definition) is 5. The van der Waals surface area contributed by atoms with Crippen LogP contribution >= 0.6 is 0 Å². The van der Waals surface area contributed by atoms with Crippen LogP contribution in [0.3, 0.4) is 0 Å². The number of aromatic amines is 2. The third-order valence-electron chi connectivity index (χ3n) is 2.30. The number of carbonyl (C=O) groups is 1. The van der Waals surface area contributed by atoms with Gasteiger partial charge in [0.15, 0.2) is 0 Å². The number of carbonyl (C=O) groups excluding carboxylic acids is 1. The van der Waals surface area contributed by atoms with E-state index in [2.05, 4.69) is 10.3 Å². The minimum atomic E-state index is -1.03. The Bertz CT molecular complexity index is 587. The summed E-state index contributed by atoms with van der Waals surface area (Å²) >= 11 is 0. The van der Waals surface area contributed by atoms with Crippen LogP contribution in [-0.4, -0.2) is 45.3 Å². The molecule has 1 heterocycles. The molecule has 8 nitrogen and oxygen atoms in total. The summed E-state index contributed by atoms with van der Waals surface area (Å²) in [6.07, 6.45) is 1.32. The Labute approximate surface area is 107 Å². The van der Waals surface area contributed by atoms with Crippen LogP contribution in [0.25, 0.3) is 6.08 Å². The SMILES string of the molecule is Cc1[nH]c(=O)[nH]c(=O)c1/C=C/C(=O)NCC(O)CO. The summed E-state index contributed by atoms with van der Waals surface area (Å²) in [4.78, 5) is 38.2. The molecule has 1 rings (SSSR count). The number of H-pyrrole nitrogens is 2. The number of nitrogens with one attached hydrogen (secondary N) is 3. The third-order valence-corrected chi connectivity index (χ3v) is 2.30. The van der Waals surface area contributed by atoms with E-state index in [0.717, 1.165) is 6.08 Å². The van der Waals surface area contributed by atoms with Crippen molar-refractivity contribution in [2.45, 2.75) is 13.0 Å². The molecule has 0 aliphatic carbocycles. The molecule has 19 heavy (non-hydrogen) atoms. The van der Waals surface area contributed by atoms with E-state index in [0.29, 0.717) is 5.69 Å². The van der Waals surface area contributed by atoms with E-state index in [1.54, 1.807) is 0 Å². The van der Waals surface area contributed by atoms with Gasteiger partial charge < -0.3 is 20.5 Å². The molecule has 8 heteroatoms. The van der Waals surface area contributed by atoms with E-state index in [1.165, 1.54) is 13.0 Å². The molecule has 0 aliphatic rings. The first-order chi connectivity index (χ1) is 8.93. The average Bonchev–Trinajstić information content (AvgIpc) is 2.34. The molecule has 0 aromatic carbocycles. The molecule has 5 N–H and O–H groups in total. The van der Waals surface area contributed by atoms with Gasteiger partial charge in [0.2, 0.25) is 5.91 Å². The van der Waals surface area contributed by atoms with Crippen LogP contribution in [0.4, 0.5) is 0 Å². The first-order valence-corrected chi connectivity index (χ1v) is 5.52. The van der Waals surface area contributed by atoms with Gasteiger partial charge in [-0.3, -0.25) is 14.6 Å². The molecule has 0 aliphatic heterocycles. The number of rotatable bonds is 5. The smallest absolute Gasteiger partial charge is 0.325 e. The van der Waals surface area contributed by atoms with Gasteiger partial charge in [0.25, 0.3) is 5.56 Å². The lowest BCUT2D eigenvalue weighted by Crippen LogP contribution is -2.32. The summed E-state index contributed by atoms with van der Waals surface area (Å²) in [6, 6.07) is 0. The molecule has 1 atom stereocenters. The first kappa shape index (κ1) is 14.9. The van der Waals surface area contributed by atoms with Gasteiger partial charge in [-0.15, -0.1) is 0 Å². The monoisotopic (exact) mass is 269 g/mol. The van der Waals surface area contributed by atoms with Gasteiger partial charge in [0.1, 0.15) is 0 Å². The van der Waals surface area contributed by atoms with Crippen molar-refractivity contribution >= 4 is 12.0 Å². The van der Waals surface area contributed by atoms with Crippen LogP contribution in [-0.2, 0) is 4.79 Å². The highest BCUT2D eigenvalue weighted by Gasteiger charge is 2.05. The number of amides is 1. The van der Waals surface area contributed by atoms with Crippen molar-refractivity contribution in [3.05, 3.63) is 38.2 Å². The van der Waals surface area contributed by atoms with Crippen molar-refractivity contribution in [2.24, 2.45) is 0 Å². The quantitative estimate of drug-likeness (QED) is 0.388. The Kier molecular flexibility index (Phi) is 5.22. The van der Waals surface area contributed by atoms with Crippen LogP contribution in [0.5, 0.6) is 0 Å². The van der Waals surface area contributed by atoms with Gasteiger partial charge in [-0.2, -0.15) is 0 Å². The second kappa shape index (κ2) is 6.66. The number of aliphatic hydroxyl groups is 2. The number of aliphatic hydroxyl groups excluding tert-OH is 2. The summed E-state index contributed by atoms with van der Waals surface area (Å²) in [5.41, 5.74) is -0.707. The van der Waals surface area contributed by atoms with E-state index < -0.39 is 29.9 Å². The summed E-state index contributed by atoms with van der Waals surface area (Å²) < 4.78 is 0. The molecule has 0 saturated carbocycles. The maximum absolute atomic E-state index is 11.5. The Morgan fingerprint density at radius 2 is 2.11 bits per heavy atom. The van der Waals surface area contributed by atoms with Gasteiger partial charge in [0, 0.05) is 18.3 Å². The summed E-state index contributed by atoms with van der Waals surface area (Å²) in [7, 11) is 0. The minimum absolute atomic E-state index is 0.0966. The van der Waals surface area contributed by atoms with Gasteiger partial charge in [-0.05, 0) is 13.0 Å². The zero-order valence-corrected chi connectivity index (χ0v) is 10.3. The van der Waals surface area contributed by atoms with Crippen molar-refractivity contribution in [1.82, 2.24) is 15.3 Å². The lowest BCUT2D eigenvalue weighted by molar-refractivity contribution is -0.117. The third kappa shape index (κ3) is 4.53. The fraction of sp³-hybridized carbons (Fsp3) is 0.364. The normalized spacial score (nSPS) is 12.6. The predicted octanol–water partition coefficient (Wildman–Crippen LogP) is -2.15. The summed E-state index contributed by atoms with van der Waals surface area (Å²) in [6.45, 7) is 0.979. The fourth-order valence-electron chi connectivity index (χ4n) is 1.31. The van der Waals surface area contributed by atoms with Crippen molar-refractivity contribution in [3.8, 4) is 0 Å². The zero-order chi connectivity index (χ0) is 14.4. The number of aromatic nitrogens is 2. The largest absolute Gasteiger partial charge is 0.394 e. The molecular weight excluding hydrogens is 254 g/mol. The van der Waals surface area contributed by atoms with Gasteiger partial charge in [0.05, 0.1) is 18.3 Å². The highest BCUT2D eigenvalue weighted by molar-refractivity contribution is 5.91. The van der Waals surface area contributed by atoms with Gasteiger partial charge in [-0.1, -0.05) is 0 Å². The molecule has 0 saturated heterocycles. The van der Waals surface area contributed by atoms with Crippen molar-refractivity contribution in [1.29, 1.82) is 0 Å². The fourth-order valence-corrected chi connectivity index (χ4v) is 1.31. The lowest BCUT2D eigenvalue weighted by Gasteiger charge is -2.06. The molecule has 0 fully saturated rings. The Morgan fingerprint density at radius 3 is 2.68 bits per heavy atom. The highest BCUT2D eigenvalue weighted by atomic mass is 16.3. The van der Waals surface area contributed by atoms with E-state index in [9.17, 15) is 14.4 Å². The topological polar surface area (TPSA) is 135 Å². The second-order valence-corrected chi connectivity index (χ2v) is 3.86. The number of aryl methyl sites for hydroxylation is 1. The summed E-state index contributed by atoms with van der Waals surface area (Å²) in [5.74, 6) is -0.530. The standard InChI is InChI=1S/C11H15N3O5/c1-6-8(10(18)14-11(19)13-6)2-3-9(17)12-4-7(16)5-15/h2-3,7,15-16H,4-5H2,1H3,(H,12,17)(H2,13,14,18,19)/b3-2+. The average molecular weight is 269 g/mol. The summed E-state index contributed by atoms with van der Waals surface area (Å²) in [5, 5.41) is 19.9. The molecule has 104 valence electrons. The lowest BCUT2D eigenvalue weighted by atomic mass is 10.2. The van der Waals surface area contributed by atoms with E-state index in [4.69, 9.17) is 10.2 Å². The van der Waals surface area contributed by atoms with Crippen molar-refractivity contribution in [2.75, 3.05) is 13.2 Å². The van der Waals surface area contributed by atoms with E-state index in [-0.39, 0.29) is 12.1 Å². The molecule has 0 radical (unpaired) electrons. The van der Waals surface area contributed by atoms with E-state index in [1.807, 2.05) is 4.98 Å².